The van der Waals surface area contributed by atoms with E-state index in [4.69, 9.17) is 11.6 Å². The lowest BCUT2D eigenvalue weighted by Crippen LogP contribution is -2.31. The predicted octanol–water partition coefficient (Wildman–Crippen LogP) is 3.27. The summed E-state index contributed by atoms with van der Waals surface area (Å²) < 4.78 is 0. The summed E-state index contributed by atoms with van der Waals surface area (Å²) in [5, 5.41) is 3.93. The average molecular weight is 333 g/mol. The Morgan fingerprint density at radius 3 is 2.61 bits per heavy atom. The fraction of sp³-hybridized carbons (Fsp3) is 0.353. The zero-order valence-electron chi connectivity index (χ0n) is 13.4. The van der Waals surface area contributed by atoms with E-state index >= 15 is 0 Å². The Balaban J connectivity index is 1.89. The summed E-state index contributed by atoms with van der Waals surface area (Å²) in [6.07, 6.45) is 3.94. The van der Waals surface area contributed by atoms with Crippen LogP contribution in [0.3, 0.4) is 0 Å². The van der Waals surface area contributed by atoms with Gasteiger partial charge in [0.05, 0.1) is 12.4 Å². The van der Waals surface area contributed by atoms with E-state index in [1.54, 1.807) is 11.1 Å². The molecule has 2 rings (SSSR count). The van der Waals surface area contributed by atoms with Crippen molar-refractivity contribution in [3.8, 4) is 0 Å². The summed E-state index contributed by atoms with van der Waals surface area (Å²) in [5.74, 6) is 0.566. The third-order valence-electron chi connectivity index (χ3n) is 3.53. The Morgan fingerprint density at radius 2 is 2.00 bits per heavy atom. The van der Waals surface area contributed by atoms with Crippen molar-refractivity contribution in [2.75, 3.05) is 25.0 Å². The van der Waals surface area contributed by atoms with E-state index in [9.17, 15) is 4.79 Å². The molecule has 1 aromatic heterocycles. The lowest BCUT2D eigenvalue weighted by molar-refractivity contribution is 0.0766. The molecular formula is C17H21ClN4O. The topological polar surface area (TPSA) is 58.1 Å². The Morgan fingerprint density at radius 1 is 1.22 bits per heavy atom. The minimum absolute atomic E-state index is 0.0898. The number of benzene rings is 1. The van der Waals surface area contributed by atoms with Gasteiger partial charge < -0.3 is 10.2 Å². The Hall–Kier alpha value is -2.14. The number of hydrogen-bond acceptors (Lipinski definition) is 4. The molecule has 0 saturated heterocycles. The first-order valence-electron chi connectivity index (χ1n) is 7.73. The average Bonchev–Trinajstić information content (AvgIpc) is 2.56. The van der Waals surface area contributed by atoms with Crippen molar-refractivity contribution in [2.45, 2.75) is 20.3 Å². The third-order valence-corrected chi connectivity index (χ3v) is 3.77. The van der Waals surface area contributed by atoms with Gasteiger partial charge >= 0.3 is 0 Å². The van der Waals surface area contributed by atoms with E-state index in [-0.39, 0.29) is 5.91 Å². The van der Waals surface area contributed by atoms with Crippen LogP contribution in [0.1, 0.15) is 29.9 Å². The van der Waals surface area contributed by atoms with Crippen molar-refractivity contribution in [2.24, 2.45) is 0 Å². The lowest BCUT2D eigenvalue weighted by atomic mass is 10.1. The van der Waals surface area contributed by atoms with Crippen LogP contribution in [0.25, 0.3) is 0 Å². The van der Waals surface area contributed by atoms with Crippen LogP contribution in [-0.2, 0) is 6.42 Å². The van der Waals surface area contributed by atoms with E-state index < -0.39 is 0 Å². The Labute approximate surface area is 141 Å². The number of nitrogens with zero attached hydrogens (tertiary/aromatic N) is 3. The molecule has 0 bridgehead atoms. The van der Waals surface area contributed by atoms with Crippen LogP contribution < -0.4 is 5.32 Å². The summed E-state index contributed by atoms with van der Waals surface area (Å²) >= 11 is 5.96. The molecule has 0 fully saturated rings. The molecule has 1 aromatic carbocycles. The van der Waals surface area contributed by atoms with Gasteiger partial charge in [-0.15, -0.1) is 0 Å². The van der Waals surface area contributed by atoms with Gasteiger partial charge in [-0.1, -0.05) is 23.7 Å². The molecule has 23 heavy (non-hydrogen) atoms. The lowest BCUT2D eigenvalue weighted by Gasteiger charge is -2.17. The number of hydrogen-bond donors (Lipinski definition) is 1. The monoisotopic (exact) mass is 332 g/mol. The van der Waals surface area contributed by atoms with E-state index in [0.717, 1.165) is 23.6 Å². The zero-order valence-corrected chi connectivity index (χ0v) is 14.2. The number of nitrogens with one attached hydrogen (secondary N) is 1. The Kier molecular flexibility index (Phi) is 6.35. The molecule has 122 valence electrons. The Bertz CT molecular complexity index is 641. The number of carbonyl (C=O) groups excluding carboxylic acids is 1. The first-order valence-corrected chi connectivity index (χ1v) is 8.11. The number of aromatic nitrogens is 2. The first-order chi connectivity index (χ1) is 11.1. The van der Waals surface area contributed by atoms with Crippen LogP contribution >= 0.6 is 11.6 Å². The summed E-state index contributed by atoms with van der Waals surface area (Å²) in [7, 11) is 0. The second kappa shape index (κ2) is 8.48. The van der Waals surface area contributed by atoms with E-state index in [2.05, 4.69) is 15.3 Å². The molecule has 0 unspecified atom stereocenters. The smallest absolute Gasteiger partial charge is 0.274 e. The molecule has 0 aliphatic rings. The molecule has 0 atom stereocenters. The van der Waals surface area contributed by atoms with Gasteiger partial charge in [0.15, 0.2) is 0 Å². The summed E-state index contributed by atoms with van der Waals surface area (Å²) in [5.41, 5.74) is 1.53. The number of anilines is 1. The minimum Gasteiger partial charge on any atom is -0.368 e. The molecule has 1 heterocycles. The molecule has 2 aromatic rings. The van der Waals surface area contributed by atoms with E-state index in [0.29, 0.717) is 24.6 Å². The van der Waals surface area contributed by atoms with E-state index in [1.165, 1.54) is 6.20 Å². The van der Waals surface area contributed by atoms with Crippen LogP contribution in [-0.4, -0.2) is 40.4 Å². The highest BCUT2D eigenvalue weighted by atomic mass is 35.5. The van der Waals surface area contributed by atoms with Crippen molar-refractivity contribution in [3.05, 3.63) is 52.9 Å². The van der Waals surface area contributed by atoms with Crippen molar-refractivity contribution in [1.82, 2.24) is 14.9 Å². The molecule has 0 aliphatic heterocycles. The van der Waals surface area contributed by atoms with Crippen LogP contribution in [0.5, 0.6) is 0 Å². The molecule has 0 aliphatic carbocycles. The van der Waals surface area contributed by atoms with Crippen molar-refractivity contribution >= 4 is 23.3 Å². The quantitative estimate of drug-likeness (QED) is 0.845. The number of amides is 1. The molecule has 0 spiro atoms. The van der Waals surface area contributed by atoms with E-state index in [1.807, 2.05) is 38.1 Å². The SMILES string of the molecule is CCN(CC)C(=O)c1cnc(NCCc2cccc(Cl)c2)cn1. The largest absolute Gasteiger partial charge is 0.368 e. The highest BCUT2D eigenvalue weighted by Crippen LogP contribution is 2.11. The van der Waals surface area contributed by atoms with Crippen molar-refractivity contribution in [1.29, 1.82) is 0 Å². The molecular weight excluding hydrogens is 312 g/mol. The van der Waals surface area contributed by atoms with Gasteiger partial charge in [-0.05, 0) is 38.0 Å². The molecule has 0 saturated carbocycles. The predicted molar refractivity (Wildman–Crippen MR) is 92.9 cm³/mol. The van der Waals surface area contributed by atoms with Crippen molar-refractivity contribution in [3.63, 3.8) is 0 Å². The highest BCUT2D eigenvalue weighted by molar-refractivity contribution is 6.30. The normalized spacial score (nSPS) is 10.4. The summed E-state index contributed by atoms with van der Waals surface area (Å²) in [4.78, 5) is 22.3. The van der Waals surface area contributed by atoms with Crippen LogP contribution in [0, 0.1) is 0 Å². The maximum Gasteiger partial charge on any atom is 0.274 e. The molecule has 1 N–H and O–H groups in total. The second-order valence-corrected chi connectivity index (χ2v) is 5.51. The highest BCUT2D eigenvalue weighted by Gasteiger charge is 2.13. The number of rotatable bonds is 7. The summed E-state index contributed by atoms with van der Waals surface area (Å²) in [6.45, 7) is 5.94. The first kappa shape index (κ1) is 17.2. The zero-order chi connectivity index (χ0) is 16.7. The number of carbonyl (C=O) groups is 1. The standard InChI is InChI=1S/C17H21ClN4O/c1-3-22(4-2)17(23)15-11-21-16(12-20-15)19-9-8-13-6-5-7-14(18)10-13/h5-7,10-12H,3-4,8-9H2,1-2H3,(H,19,21). The second-order valence-electron chi connectivity index (χ2n) is 5.07. The molecule has 5 nitrogen and oxygen atoms in total. The molecule has 0 radical (unpaired) electrons. The van der Waals surface area contributed by atoms with Crippen molar-refractivity contribution < 1.29 is 4.79 Å². The van der Waals surface area contributed by atoms with Gasteiger partial charge in [-0.25, -0.2) is 9.97 Å². The maximum absolute atomic E-state index is 12.1. The van der Waals surface area contributed by atoms with Gasteiger partial charge in [0.1, 0.15) is 11.5 Å². The fourth-order valence-electron chi connectivity index (χ4n) is 2.23. The van der Waals surface area contributed by atoms with Crippen LogP contribution in [0.4, 0.5) is 5.82 Å². The van der Waals surface area contributed by atoms with Gasteiger partial charge in [0.2, 0.25) is 0 Å². The van der Waals surface area contributed by atoms with Gasteiger partial charge in [-0.2, -0.15) is 0 Å². The minimum atomic E-state index is -0.0898. The third kappa shape index (κ3) is 4.93. The fourth-order valence-corrected chi connectivity index (χ4v) is 2.44. The molecule has 6 heteroatoms. The van der Waals surface area contributed by atoms with Gasteiger partial charge in [0.25, 0.3) is 5.91 Å². The van der Waals surface area contributed by atoms with Crippen LogP contribution in [0.2, 0.25) is 5.02 Å². The molecule has 1 amide bonds. The maximum atomic E-state index is 12.1. The van der Waals surface area contributed by atoms with Crippen LogP contribution in [0.15, 0.2) is 36.7 Å². The summed E-state index contributed by atoms with van der Waals surface area (Å²) in [6, 6.07) is 7.77. The van der Waals surface area contributed by atoms with Gasteiger partial charge in [0, 0.05) is 24.7 Å². The van der Waals surface area contributed by atoms with Gasteiger partial charge in [-0.3, -0.25) is 4.79 Å². The number of halogens is 1.